The maximum absolute atomic E-state index is 12.7. The zero-order valence-corrected chi connectivity index (χ0v) is 12.2. The molecule has 1 atom stereocenters. The van der Waals surface area contributed by atoms with E-state index in [2.05, 4.69) is 10.3 Å². The predicted molar refractivity (Wildman–Crippen MR) is 72.0 cm³/mol. The van der Waals surface area contributed by atoms with E-state index in [4.69, 9.17) is 0 Å². The molecule has 2 rings (SSSR count). The first-order valence-corrected chi connectivity index (χ1v) is 7.34. The number of anilines is 1. The maximum Gasteiger partial charge on any atom is 0.417 e. The van der Waals surface area contributed by atoms with Gasteiger partial charge in [0.2, 0.25) is 5.91 Å². The van der Waals surface area contributed by atoms with Gasteiger partial charge in [-0.1, -0.05) is 0 Å². The Hall–Kier alpha value is -1.19. The van der Waals surface area contributed by atoms with Crippen molar-refractivity contribution in [3.8, 4) is 0 Å². The smallest absolute Gasteiger partial charge is 0.380 e. The number of hydrogen-bond donors (Lipinski definition) is 2. The molecule has 1 saturated heterocycles. The molecule has 0 saturated carbocycles. The number of rotatable bonds is 3. The Balaban J connectivity index is 1.91. The van der Waals surface area contributed by atoms with Crippen molar-refractivity contribution in [2.24, 2.45) is 0 Å². The summed E-state index contributed by atoms with van der Waals surface area (Å²) in [7, 11) is 0. The highest BCUT2D eigenvalue weighted by atomic mass is 32.1. The summed E-state index contributed by atoms with van der Waals surface area (Å²) in [6.07, 6.45) is -3.93. The number of carbonyl (C=O) groups excluding carboxylic acids is 1. The van der Waals surface area contributed by atoms with Crippen molar-refractivity contribution in [2.45, 2.75) is 37.6 Å². The molecule has 118 valence electrons. The molecule has 1 amide bonds. The molecule has 5 nitrogen and oxygen atoms in total. The molecule has 1 aromatic rings. The fraction of sp³-hybridized carbons (Fsp3) is 0.667. The van der Waals surface area contributed by atoms with E-state index >= 15 is 0 Å². The zero-order valence-electron chi connectivity index (χ0n) is 11.4. The Labute approximate surface area is 123 Å². The van der Waals surface area contributed by atoms with Crippen LogP contribution in [0.1, 0.15) is 19.8 Å². The van der Waals surface area contributed by atoms with Gasteiger partial charge in [-0.3, -0.25) is 9.69 Å². The molecule has 9 heteroatoms. The fourth-order valence-electron chi connectivity index (χ4n) is 2.23. The van der Waals surface area contributed by atoms with Gasteiger partial charge in [-0.2, -0.15) is 13.2 Å². The average Bonchev–Trinajstić information content (AvgIpc) is 2.90. The monoisotopic (exact) mass is 323 g/mol. The second kappa shape index (κ2) is 5.90. The Morgan fingerprint density at radius 2 is 2.14 bits per heavy atom. The summed E-state index contributed by atoms with van der Waals surface area (Å²) in [5, 5.41) is 14.4. The summed E-state index contributed by atoms with van der Waals surface area (Å²) in [5.41, 5.74) is -2.64. The maximum atomic E-state index is 12.7. The minimum absolute atomic E-state index is 0.0163. The average molecular weight is 323 g/mol. The van der Waals surface area contributed by atoms with E-state index in [1.807, 2.05) is 0 Å². The Kier molecular flexibility index (Phi) is 4.54. The van der Waals surface area contributed by atoms with Gasteiger partial charge in [0.1, 0.15) is 0 Å². The molecule has 1 aliphatic heterocycles. The summed E-state index contributed by atoms with van der Waals surface area (Å²) in [6.45, 7) is 1.66. The first-order valence-electron chi connectivity index (χ1n) is 6.46. The van der Waals surface area contributed by atoms with Gasteiger partial charge in [-0.05, 0) is 19.8 Å². The molecule has 1 fully saturated rings. The van der Waals surface area contributed by atoms with Crippen molar-refractivity contribution in [1.82, 2.24) is 9.88 Å². The van der Waals surface area contributed by atoms with E-state index in [1.165, 1.54) is 11.3 Å². The normalized spacial score (nSPS) is 21.0. The number of amides is 1. The molecule has 0 aromatic carbocycles. The first-order chi connectivity index (χ1) is 9.73. The van der Waals surface area contributed by atoms with Crippen LogP contribution in [-0.4, -0.2) is 51.8 Å². The van der Waals surface area contributed by atoms with Crippen LogP contribution in [0.25, 0.3) is 0 Å². The number of halogens is 3. The van der Waals surface area contributed by atoms with E-state index in [0.717, 1.165) is 0 Å². The van der Waals surface area contributed by atoms with Crippen LogP contribution in [0.2, 0.25) is 0 Å². The van der Waals surface area contributed by atoms with Gasteiger partial charge >= 0.3 is 6.18 Å². The van der Waals surface area contributed by atoms with Gasteiger partial charge in [-0.25, -0.2) is 4.98 Å². The van der Waals surface area contributed by atoms with E-state index in [9.17, 15) is 23.1 Å². The Morgan fingerprint density at radius 1 is 1.52 bits per heavy atom. The van der Waals surface area contributed by atoms with E-state index < -0.39 is 30.7 Å². The second-order valence-corrected chi connectivity index (χ2v) is 5.96. The number of alkyl halides is 3. The Bertz CT molecular complexity index is 484. The van der Waals surface area contributed by atoms with Crippen LogP contribution in [0.15, 0.2) is 11.6 Å². The van der Waals surface area contributed by atoms with Crippen LogP contribution in [0.3, 0.4) is 0 Å². The number of hydrogen-bond acceptors (Lipinski definition) is 5. The molecule has 0 radical (unpaired) electrons. The molecule has 1 unspecified atom stereocenters. The molecular formula is C12H16F3N3O2S. The molecule has 0 spiro atoms. The second-order valence-electron chi connectivity index (χ2n) is 5.07. The van der Waals surface area contributed by atoms with Crippen LogP contribution in [0, 0.1) is 0 Å². The number of likely N-dealkylation sites (tertiary alicyclic amines) is 1. The van der Waals surface area contributed by atoms with Gasteiger partial charge < -0.3 is 10.4 Å². The number of nitrogens with one attached hydrogen (secondary N) is 1. The molecule has 0 bridgehead atoms. The summed E-state index contributed by atoms with van der Waals surface area (Å²) in [5.74, 6) is -0.317. The van der Waals surface area contributed by atoms with Gasteiger partial charge in [0.25, 0.3) is 0 Å². The molecule has 2 N–H and O–H groups in total. The standard InChI is InChI=1S/C12H16F3N3O2S/c1-8(9(19)17-10-16-4-7-21-10)18-5-2-11(20,3-6-18)12(13,14)15/h4,7-8,20H,2-3,5-6H2,1H3,(H,16,17,19). The summed E-state index contributed by atoms with van der Waals surface area (Å²) >= 11 is 1.27. The van der Waals surface area contributed by atoms with E-state index in [1.54, 1.807) is 23.4 Å². The quantitative estimate of drug-likeness (QED) is 0.891. The highest BCUT2D eigenvalue weighted by molar-refractivity contribution is 7.13. The van der Waals surface area contributed by atoms with Crippen LogP contribution >= 0.6 is 11.3 Å². The van der Waals surface area contributed by atoms with Crippen molar-refractivity contribution < 1.29 is 23.1 Å². The van der Waals surface area contributed by atoms with Crippen LogP contribution < -0.4 is 5.32 Å². The first kappa shape index (κ1) is 16.2. The van der Waals surface area contributed by atoms with Gasteiger partial charge in [-0.15, -0.1) is 11.3 Å². The highest BCUT2D eigenvalue weighted by Crippen LogP contribution is 2.38. The number of aliphatic hydroxyl groups is 1. The van der Waals surface area contributed by atoms with Gasteiger partial charge in [0.05, 0.1) is 6.04 Å². The molecule has 0 aliphatic carbocycles. The lowest BCUT2D eigenvalue weighted by molar-refractivity contribution is -0.273. The Morgan fingerprint density at radius 3 is 2.62 bits per heavy atom. The van der Waals surface area contributed by atoms with Crippen molar-refractivity contribution in [1.29, 1.82) is 0 Å². The number of piperidine rings is 1. The highest BCUT2D eigenvalue weighted by Gasteiger charge is 2.54. The summed E-state index contributed by atoms with van der Waals surface area (Å²) < 4.78 is 38.1. The number of carbonyl (C=O) groups is 1. The minimum Gasteiger partial charge on any atom is -0.380 e. The van der Waals surface area contributed by atoms with Gasteiger partial charge in [0.15, 0.2) is 10.7 Å². The number of nitrogens with zero attached hydrogens (tertiary/aromatic N) is 2. The topological polar surface area (TPSA) is 65.5 Å². The van der Waals surface area contributed by atoms with E-state index in [0.29, 0.717) is 5.13 Å². The third-order valence-corrected chi connectivity index (χ3v) is 4.43. The molecular weight excluding hydrogens is 307 g/mol. The predicted octanol–water partition coefficient (Wildman–Crippen LogP) is 1.86. The summed E-state index contributed by atoms with van der Waals surface area (Å²) in [4.78, 5) is 17.5. The fourth-order valence-corrected chi connectivity index (χ4v) is 2.76. The third-order valence-electron chi connectivity index (χ3n) is 3.74. The lowest BCUT2D eigenvalue weighted by Gasteiger charge is -2.40. The minimum atomic E-state index is -4.63. The third kappa shape index (κ3) is 3.53. The van der Waals surface area contributed by atoms with Crippen molar-refractivity contribution in [2.75, 3.05) is 18.4 Å². The van der Waals surface area contributed by atoms with Crippen molar-refractivity contribution in [3.05, 3.63) is 11.6 Å². The SMILES string of the molecule is CC(C(=O)Nc1nccs1)N1CCC(O)(C(F)(F)F)CC1. The molecule has 1 aromatic heterocycles. The zero-order chi connectivity index (χ0) is 15.7. The largest absolute Gasteiger partial charge is 0.417 e. The van der Waals surface area contributed by atoms with Crippen LogP contribution in [0.5, 0.6) is 0 Å². The van der Waals surface area contributed by atoms with Gasteiger partial charge in [0, 0.05) is 24.7 Å². The van der Waals surface area contributed by atoms with Crippen LogP contribution in [0.4, 0.5) is 18.3 Å². The summed E-state index contributed by atoms with van der Waals surface area (Å²) in [6, 6.07) is -0.577. The van der Waals surface area contributed by atoms with E-state index in [-0.39, 0.29) is 19.0 Å². The van der Waals surface area contributed by atoms with Crippen molar-refractivity contribution >= 4 is 22.4 Å². The molecule has 2 heterocycles. The molecule has 21 heavy (non-hydrogen) atoms. The van der Waals surface area contributed by atoms with Crippen LogP contribution in [-0.2, 0) is 4.79 Å². The molecule has 1 aliphatic rings. The van der Waals surface area contributed by atoms with Crippen molar-refractivity contribution in [3.63, 3.8) is 0 Å². The lowest BCUT2D eigenvalue weighted by Crippen LogP contribution is -2.56. The number of thiazole rings is 1. The lowest BCUT2D eigenvalue weighted by atomic mass is 9.90. The number of aromatic nitrogens is 1.